The van der Waals surface area contributed by atoms with E-state index in [2.05, 4.69) is 10.0 Å². The van der Waals surface area contributed by atoms with Crippen LogP contribution in [0, 0.1) is 16.0 Å². The highest BCUT2D eigenvalue weighted by atomic mass is 32.2. The van der Waals surface area contributed by atoms with Gasteiger partial charge in [0.1, 0.15) is 0 Å². The van der Waals surface area contributed by atoms with Crippen LogP contribution in [0.5, 0.6) is 0 Å². The van der Waals surface area contributed by atoms with E-state index >= 15 is 0 Å². The van der Waals surface area contributed by atoms with E-state index < -0.39 is 20.6 Å². The molecule has 1 aromatic rings. The third-order valence-corrected chi connectivity index (χ3v) is 5.12. The molecule has 2 atom stereocenters. The fraction of sp³-hybridized carbons (Fsp3) is 0.538. The van der Waals surface area contributed by atoms with Crippen molar-refractivity contribution < 1.29 is 13.3 Å². The number of nitrogens with one attached hydrogen (secondary N) is 2. The van der Waals surface area contributed by atoms with E-state index in [1.165, 1.54) is 18.2 Å². The Morgan fingerprint density at radius 2 is 2.10 bits per heavy atom. The maximum absolute atomic E-state index is 12.3. The zero-order valence-electron chi connectivity index (χ0n) is 12.0. The predicted octanol–water partition coefficient (Wildman–Crippen LogP) is 2.10. The third-order valence-electron chi connectivity index (χ3n) is 3.58. The molecule has 116 valence electrons. The average molecular weight is 313 g/mol. The molecule has 0 saturated heterocycles. The molecule has 2 N–H and O–H groups in total. The van der Waals surface area contributed by atoms with Crippen LogP contribution in [0.2, 0.25) is 0 Å². The van der Waals surface area contributed by atoms with Crippen LogP contribution in [0.1, 0.15) is 26.7 Å². The van der Waals surface area contributed by atoms with Gasteiger partial charge in [0.05, 0.1) is 4.92 Å². The van der Waals surface area contributed by atoms with Gasteiger partial charge in [-0.3, -0.25) is 10.1 Å². The second kappa shape index (κ2) is 5.98. The van der Waals surface area contributed by atoms with Gasteiger partial charge < -0.3 is 5.32 Å². The molecule has 21 heavy (non-hydrogen) atoms. The van der Waals surface area contributed by atoms with E-state index in [9.17, 15) is 18.5 Å². The second-order valence-corrected chi connectivity index (χ2v) is 6.78. The largest absolute Gasteiger partial charge is 0.385 e. The number of hydrogen-bond donors (Lipinski definition) is 2. The van der Waals surface area contributed by atoms with E-state index in [0.717, 1.165) is 12.8 Å². The first kappa shape index (κ1) is 15.7. The van der Waals surface area contributed by atoms with Crippen LogP contribution >= 0.6 is 0 Å². The molecule has 1 aliphatic carbocycles. The van der Waals surface area contributed by atoms with Crippen molar-refractivity contribution in [2.24, 2.45) is 5.92 Å². The summed E-state index contributed by atoms with van der Waals surface area (Å²) in [6, 6.07) is 3.97. The van der Waals surface area contributed by atoms with Crippen molar-refractivity contribution in [2.45, 2.75) is 37.6 Å². The SMILES string of the molecule is CCNc1ccc(S(=O)(=O)NC2CC2CC)c([N+](=O)[O-])c1. The molecule has 0 radical (unpaired) electrons. The first-order valence-electron chi connectivity index (χ1n) is 6.93. The third kappa shape index (κ3) is 3.51. The van der Waals surface area contributed by atoms with Crippen LogP contribution in [-0.2, 0) is 10.0 Å². The molecule has 8 heteroatoms. The van der Waals surface area contributed by atoms with E-state index in [4.69, 9.17) is 0 Å². The van der Waals surface area contributed by atoms with Crippen LogP contribution in [0.3, 0.4) is 0 Å². The molecule has 1 saturated carbocycles. The Hall–Kier alpha value is -1.67. The lowest BCUT2D eigenvalue weighted by atomic mass is 10.3. The van der Waals surface area contributed by atoms with Gasteiger partial charge in [0.2, 0.25) is 10.0 Å². The molecular weight excluding hydrogens is 294 g/mol. The minimum atomic E-state index is -3.87. The van der Waals surface area contributed by atoms with Crippen LogP contribution in [0.4, 0.5) is 11.4 Å². The zero-order chi connectivity index (χ0) is 15.6. The summed E-state index contributed by atoms with van der Waals surface area (Å²) in [5.74, 6) is 0.333. The highest BCUT2D eigenvalue weighted by Crippen LogP contribution is 2.35. The molecule has 0 amide bonds. The van der Waals surface area contributed by atoms with E-state index in [1.807, 2.05) is 13.8 Å². The van der Waals surface area contributed by atoms with Crippen LogP contribution < -0.4 is 10.0 Å². The number of hydrogen-bond acceptors (Lipinski definition) is 5. The topological polar surface area (TPSA) is 101 Å². The van der Waals surface area contributed by atoms with Crippen molar-refractivity contribution in [1.82, 2.24) is 4.72 Å². The summed E-state index contributed by atoms with van der Waals surface area (Å²) in [5, 5.41) is 14.1. The quantitative estimate of drug-likeness (QED) is 0.593. The molecule has 2 unspecified atom stereocenters. The van der Waals surface area contributed by atoms with Crippen molar-refractivity contribution in [3.8, 4) is 0 Å². The van der Waals surface area contributed by atoms with Crippen molar-refractivity contribution >= 4 is 21.4 Å². The van der Waals surface area contributed by atoms with Crippen molar-refractivity contribution in [3.63, 3.8) is 0 Å². The number of anilines is 1. The first-order chi connectivity index (χ1) is 9.89. The molecule has 7 nitrogen and oxygen atoms in total. The summed E-state index contributed by atoms with van der Waals surface area (Å²) in [5.41, 5.74) is 0.121. The summed E-state index contributed by atoms with van der Waals surface area (Å²) in [6.07, 6.45) is 1.69. The van der Waals surface area contributed by atoms with Gasteiger partial charge in [0.25, 0.3) is 5.69 Å². The van der Waals surface area contributed by atoms with Gasteiger partial charge in [-0.25, -0.2) is 13.1 Å². The van der Waals surface area contributed by atoms with Gasteiger partial charge in [0, 0.05) is 24.3 Å². The van der Waals surface area contributed by atoms with E-state index in [-0.39, 0.29) is 10.9 Å². The summed E-state index contributed by atoms with van der Waals surface area (Å²) < 4.78 is 27.1. The Kier molecular flexibility index (Phi) is 4.48. The van der Waals surface area contributed by atoms with Crippen LogP contribution in [-0.4, -0.2) is 25.9 Å². The zero-order valence-corrected chi connectivity index (χ0v) is 12.8. The molecule has 1 aliphatic rings. The van der Waals surface area contributed by atoms with Crippen molar-refractivity contribution in [1.29, 1.82) is 0 Å². The maximum Gasteiger partial charge on any atom is 0.291 e. The Morgan fingerprint density at radius 3 is 2.62 bits per heavy atom. The number of benzene rings is 1. The number of sulfonamides is 1. The van der Waals surface area contributed by atoms with Gasteiger partial charge in [-0.15, -0.1) is 0 Å². The standard InChI is InChI=1S/C13H19N3O4S/c1-3-9-7-11(9)15-21(19,20)13-6-5-10(14-4-2)8-12(13)16(17)18/h5-6,8-9,11,14-15H,3-4,7H2,1-2H3. The lowest BCUT2D eigenvalue weighted by Gasteiger charge is -2.09. The van der Waals surface area contributed by atoms with Gasteiger partial charge in [0.15, 0.2) is 4.90 Å². The number of rotatable bonds is 7. The summed E-state index contributed by atoms with van der Waals surface area (Å²) in [6.45, 7) is 4.45. The Bertz CT molecular complexity index is 645. The summed E-state index contributed by atoms with van der Waals surface area (Å²) >= 11 is 0. The second-order valence-electron chi connectivity index (χ2n) is 5.10. The predicted molar refractivity (Wildman–Crippen MR) is 79.8 cm³/mol. The van der Waals surface area contributed by atoms with Gasteiger partial charge in [-0.1, -0.05) is 13.3 Å². The Balaban J connectivity index is 2.31. The number of nitro benzene ring substituents is 1. The van der Waals surface area contributed by atoms with Gasteiger partial charge in [-0.05, 0) is 31.4 Å². The molecule has 1 aromatic carbocycles. The molecule has 0 aromatic heterocycles. The fourth-order valence-electron chi connectivity index (χ4n) is 2.31. The van der Waals surface area contributed by atoms with Crippen LogP contribution in [0.15, 0.2) is 23.1 Å². The minimum Gasteiger partial charge on any atom is -0.385 e. The van der Waals surface area contributed by atoms with Gasteiger partial charge in [-0.2, -0.15) is 0 Å². The molecule has 1 fully saturated rings. The highest BCUT2D eigenvalue weighted by Gasteiger charge is 2.40. The fourth-order valence-corrected chi connectivity index (χ4v) is 3.78. The van der Waals surface area contributed by atoms with Crippen molar-refractivity contribution in [3.05, 3.63) is 28.3 Å². The molecular formula is C13H19N3O4S. The number of nitro groups is 1. The molecule has 0 aliphatic heterocycles. The molecule has 0 spiro atoms. The lowest BCUT2D eigenvalue weighted by Crippen LogP contribution is -2.27. The Morgan fingerprint density at radius 1 is 1.38 bits per heavy atom. The first-order valence-corrected chi connectivity index (χ1v) is 8.42. The van der Waals surface area contributed by atoms with E-state index in [0.29, 0.717) is 18.2 Å². The summed E-state index contributed by atoms with van der Waals surface area (Å²) in [7, 11) is -3.87. The normalized spacial score (nSPS) is 21.0. The number of nitrogens with zero attached hydrogens (tertiary/aromatic N) is 1. The highest BCUT2D eigenvalue weighted by molar-refractivity contribution is 7.89. The monoisotopic (exact) mass is 313 g/mol. The molecule has 0 bridgehead atoms. The Labute approximate surface area is 123 Å². The minimum absolute atomic E-state index is 0.104. The summed E-state index contributed by atoms with van der Waals surface area (Å²) in [4.78, 5) is 10.2. The van der Waals surface area contributed by atoms with Crippen LogP contribution in [0.25, 0.3) is 0 Å². The smallest absolute Gasteiger partial charge is 0.291 e. The lowest BCUT2D eigenvalue weighted by molar-refractivity contribution is -0.387. The molecule has 0 heterocycles. The van der Waals surface area contributed by atoms with Crippen molar-refractivity contribution in [2.75, 3.05) is 11.9 Å². The average Bonchev–Trinajstić information content (AvgIpc) is 3.16. The van der Waals surface area contributed by atoms with E-state index in [1.54, 1.807) is 0 Å². The van der Waals surface area contributed by atoms with Gasteiger partial charge >= 0.3 is 0 Å². The molecule has 2 rings (SSSR count). The maximum atomic E-state index is 12.3.